The maximum Gasteiger partial charge on any atom is 0.178 e. The first-order chi connectivity index (χ1) is 9.05. The van der Waals surface area contributed by atoms with Gasteiger partial charge in [-0.05, 0) is 49.8 Å². The Hall–Kier alpha value is -1.09. The first-order valence-corrected chi connectivity index (χ1v) is 8.64. The van der Waals surface area contributed by atoms with Crippen molar-refractivity contribution >= 4 is 9.84 Å². The van der Waals surface area contributed by atoms with Crippen LogP contribution in [0.3, 0.4) is 0 Å². The van der Waals surface area contributed by atoms with Gasteiger partial charge >= 0.3 is 0 Å². The van der Waals surface area contributed by atoms with Gasteiger partial charge in [0.15, 0.2) is 9.84 Å². The Morgan fingerprint density at radius 2 is 1.79 bits per heavy atom. The lowest BCUT2D eigenvalue weighted by molar-refractivity contribution is 0.594. The highest BCUT2D eigenvalue weighted by Crippen LogP contribution is 2.25. The van der Waals surface area contributed by atoms with E-state index in [4.69, 9.17) is 0 Å². The highest BCUT2D eigenvalue weighted by Gasteiger charge is 2.14. The van der Waals surface area contributed by atoms with Crippen molar-refractivity contribution in [3.8, 4) is 0 Å². The fourth-order valence-electron chi connectivity index (χ4n) is 2.17. The second kappa shape index (κ2) is 7.49. The van der Waals surface area contributed by atoms with Gasteiger partial charge in [0.1, 0.15) is 0 Å². The highest BCUT2D eigenvalue weighted by molar-refractivity contribution is 7.91. The number of hydrogen-bond acceptors (Lipinski definition) is 2. The monoisotopic (exact) mass is 280 g/mol. The first-order valence-electron chi connectivity index (χ1n) is 6.99. The third kappa shape index (κ3) is 4.50. The van der Waals surface area contributed by atoms with E-state index >= 15 is 0 Å². The van der Waals surface area contributed by atoms with Gasteiger partial charge in [0, 0.05) is 0 Å². The van der Waals surface area contributed by atoms with Crippen LogP contribution in [0.15, 0.2) is 41.3 Å². The number of hydrogen-bond donors (Lipinski definition) is 0. The van der Waals surface area contributed by atoms with E-state index in [0.717, 1.165) is 12.8 Å². The molecule has 0 heterocycles. The second-order valence-electron chi connectivity index (χ2n) is 4.80. The maximum absolute atomic E-state index is 11.9. The van der Waals surface area contributed by atoms with Gasteiger partial charge in [-0.15, -0.1) is 0 Å². The van der Waals surface area contributed by atoms with E-state index < -0.39 is 9.84 Å². The quantitative estimate of drug-likeness (QED) is 0.697. The average molecular weight is 280 g/mol. The number of rotatable bonds is 7. The predicted octanol–water partition coefficient (Wildman–Crippen LogP) is 4.33. The lowest BCUT2D eigenvalue weighted by atomic mass is 9.93. The Morgan fingerprint density at radius 1 is 1.16 bits per heavy atom. The van der Waals surface area contributed by atoms with E-state index in [1.807, 2.05) is 26.0 Å². The smallest absolute Gasteiger partial charge is 0.178 e. The number of benzene rings is 1. The molecule has 2 nitrogen and oxygen atoms in total. The summed E-state index contributed by atoms with van der Waals surface area (Å²) in [6.07, 6.45) is 6.95. The van der Waals surface area contributed by atoms with Crippen LogP contribution in [-0.4, -0.2) is 14.2 Å². The topological polar surface area (TPSA) is 34.1 Å². The molecule has 0 N–H and O–H groups in total. The molecule has 19 heavy (non-hydrogen) atoms. The van der Waals surface area contributed by atoms with Crippen molar-refractivity contribution in [3.63, 3.8) is 0 Å². The molecular weight excluding hydrogens is 256 g/mol. The van der Waals surface area contributed by atoms with Crippen molar-refractivity contribution in [2.24, 2.45) is 0 Å². The molecule has 3 heteroatoms. The van der Waals surface area contributed by atoms with Gasteiger partial charge < -0.3 is 0 Å². The largest absolute Gasteiger partial charge is 0.224 e. The SMILES string of the molecule is C/C=C\CC(CC)c1ccc(S(=O)(=O)CCC)cc1. The minimum absolute atomic E-state index is 0.224. The zero-order chi connectivity index (χ0) is 14.3. The Morgan fingerprint density at radius 3 is 2.26 bits per heavy atom. The summed E-state index contributed by atoms with van der Waals surface area (Å²) in [5.74, 6) is 0.696. The number of sulfone groups is 1. The molecular formula is C16H24O2S. The highest BCUT2D eigenvalue weighted by atomic mass is 32.2. The van der Waals surface area contributed by atoms with Gasteiger partial charge in [0.25, 0.3) is 0 Å². The Kier molecular flexibility index (Phi) is 6.29. The van der Waals surface area contributed by atoms with E-state index in [9.17, 15) is 8.42 Å². The van der Waals surface area contributed by atoms with Crippen LogP contribution in [0.4, 0.5) is 0 Å². The molecule has 0 aromatic heterocycles. The van der Waals surface area contributed by atoms with Crippen molar-refractivity contribution in [2.45, 2.75) is 50.8 Å². The summed E-state index contributed by atoms with van der Waals surface area (Å²) in [5, 5.41) is 0. The molecule has 1 unspecified atom stereocenters. The van der Waals surface area contributed by atoms with Gasteiger partial charge in [-0.2, -0.15) is 0 Å². The lowest BCUT2D eigenvalue weighted by Gasteiger charge is -2.13. The first kappa shape index (κ1) is 16.0. The van der Waals surface area contributed by atoms with Crippen molar-refractivity contribution in [1.82, 2.24) is 0 Å². The van der Waals surface area contributed by atoms with Crippen LogP contribution in [0.2, 0.25) is 0 Å². The second-order valence-corrected chi connectivity index (χ2v) is 6.91. The van der Waals surface area contributed by atoms with Crippen LogP contribution in [0.25, 0.3) is 0 Å². The molecule has 1 aromatic carbocycles. The zero-order valence-electron chi connectivity index (χ0n) is 12.1. The fraction of sp³-hybridized carbons (Fsp3) is 0.500. The molecule has 0 aliphatic carbocycles. The summed E-state index contributed by atoms with van der Waals surface area (Å²) >= 11 is 0. The molecule has 0 amide bonds. The van der Waals surface area contributed by atoms with E-state index in [1.54, 1.807) is 12.1 Å². The Labute approximate surface area is 117 Å². The summed E-state index contributed by atoms with van der Waals surface area (Å²) in [4.78, 5) is 0.444. The standard InChI is InChI=1S/C16H24O2S/c1-4-7-8-14(6-3)15-9-11-16(12-10-15)19(17,18)13-5-2/h4,7,9-12,14H,5-6,8,13H2,1-3H3/b7-4-. The Balaban J connectivity index is 2.92. The van der Waals surface area contributed by atoms with Gasteiger partial charge in [-0.1, -0.05) is 38.1 Å². The fourth-order valence-corrected chi connectivity index (χ4v) is 3.50. The van der Waals surface area contributed by atoms with E-state index in [0.29, 0.717) is 17.2 Å². The summed E-state index contributed by atoms with van der Waals surface area (Å²) in [6, 6.07) is 7.41. The molecule has 1 aromatic rings. The van der Waals surface area contributed by atoms with Crippen molar-refractivity contribution in [1.29, 1.82) is 0 Å². The minimum atomic E-state index is -3.09. The summed E-state index contributed by atoms with van der Waals surface area (Å²) in [7, 11) is -3.09. The normalized spacial score (nSPS) is 13.8. The van der Waals surface area contributed by atoms with Gasteiger partial charge in [0.05, 0.1) is 10.6 Å². The van der Waals surface area contributed by atoms with Crippen LogP contribution >= 0.6 is 0 Å². The molecule has 106 valence electrons. The molecule has 0 spiro atoms. The Bertz CT molecular complexity index is 498. The van der Waals surface area contributed by atoms with Crippen molar-refractivity contribution < 1.29 is 8.42 Å². The maximum atomic E-state index is 11.9. The van der Waals surface area contributed by atoms with E-state index in [2.05, 4.69) is 19.1 Å². The molecule has 1 atom stereocenters. The number of allylic oxidation sites excluding steroid dienone is 2. The molecule has 0 aliphatic heterocycles. The molecule has 0 saturated carbocycles. The van der Waals surface area contributed by atoms with E-state index in [-0.39, 0.29) is 5.75 Å². The third-order valence-corrected chi connectivity index (χ3v) is 5.27. The van der Waals surface area contributed by atoms with Gasteiger partial charge in [-0.25, -0.2) is 8.42 Å². The molecule has 0 aliphatic rings. The van der Waals surface area contributed by atoms with Crippen LogP contribution in [0.1, 0.15) is 51.5 Å². The van der Waals surface area contributed by atoms with Crippen LogP contribution < -0.4 is 0 Å². The van der Waals surface area contributed by atoms with Gasteiger partial charge in [0.2, 0.25) is 0 Å². The molecule has 0 fully saturated rings. The predicted molar refractivity (Wildman–Crippen MR) is 81.2 cm³/mol. The zero-order valence-corrected chi connectivity index (χ0v) is 12.9. The van der Waals surface area contributed by atoms with Crippen molar-refractivity contribution in [3.05, 3.63) is 42.0 Å². The van der Waals surface area contributed by atoms with Gasteiger partial charge in [-0.3, -0.25) is 0 Å². The molecule has 0 bridgehead atoms. The van der Waals surface area contributed by atoms with E-state index in [1.165, 1.54) is 5.56 Å². The summed E-state index contributed by atoms with van der Waals surface area (Å²) < 4.78 is 23.9. The molecule has 1 rings (SSSR count). The van der Waals surface area contributed by atoms with Crippen molar-refractivity contribution in [2.75, 3.05) is 5.75 Å². The lowest BCUT2D eigenvalue weighted by Crippen LogP contribution is -2.06. The molecule has 0 radical (unpaired) electrons. The van der Waals surface area contributed by atoms with Crippen LogP contribution in [0.5, 0.6) is 0 Å². The van der Waals surface area contributed by atoms with Crippen LogP contribution in [0, 0.1) is 0 Å². The third-order valence-electron chi connectivity index (χ3n) is 3.33. The molecule has 0 saturated heterocycles. The summed E-state index contributed by atoms with van der Waals surface area (Å²) in [6.45, 7) is 6.07. The summed E-state index contributed by atoms with van der Waals surface area (Å²) in [5.41, 5.74) is 1.22. The average Bonchev–Trinajstić information content (AvgIpc) is 2.40. The van der Waals surface area contributed by atoms with Crippen LogP contribution in [-0.2, 0) is 9.84 Å². The minimum Gasteiger partial charge on any atom is -0.224 e.